The van der Waals surface area contributed by atoms with Crippen molar-refractivity contribution in [3.63, 3.8) is 0 Å². The van der Waals surface area contributed by atoms with Crippen LogP contribution in [0.5, 0.6) is 0 Å². The maximum atomic E-state index is 8.86. The molecule has 0 aliphatic rings. The monoisotopic (exact) mass is 199 g/mol. The van der Waals surface area contributed by atoms with Crippen LogP contribution < -0.4 is 0 Å². The first kappa shape index (κ1) is 9.87. The number of nitrogens with zero attached hydrogens (tertiary/aromatic N) is 1. The quantitative estimate of drug-likeness (QED) is 0.821. The number of pyridine rings is 1. The molecule has 0 fully saturated rings. The van der Waals surface area contributed by atoms with Crippen molar-refractivity contribution >= 4 is 0 Å². The van der Waals surface area contributed by atoms with Crippen LogP contribution in [0.1, 0.15) is 16.8 Å². The number of benzene rings is 1. The maximum absolute atomic E-state index is 8.86. The SMILES string of the molecule is OCc1ccc(Cc2ccccc2)cn1. The summed E-state index contributed by atoms with van der Waals surface area (Å²) in [6, 6.07) is 14.1. The molecule has 2 rings (SSSR count). The smallest absolute Gasteiger partial charge is 0.0852 e. The molecule has 0 radical (unpaired) electrons. The minimum absolute atomic E-state index is 0.00557. The van der Waals surface area contributed by atoms with Crippen LogP contribution in [0.2, 0.25) is 0 Å². The van der Waals surface area contributed by atoms with E-state index >= 15 is 0 Å². The van der Waals surface area contributed by atoms with Crippen molar-refractivity contribution in [2.45, 2.75) is 13.0 Å². The molecule has 1 N–H and O–H groups in total. The average molecular weight is 199 g/mol. The number of rotatable bonds is 3. The van der Waals surface area contributed by atoms with E-state index in [4.69, 9.17) is 5.11 Å². The average Bonchev–Trinajstić information content (AvgIpc) is 2.31. The first-order valence-electron chi connectivity index (χ1n) is 4.97. The second kappa shape index (κ2) is 4.71. The zero-order valence-electron chi connectivity index (χ0n) is 8.43. The van der Waals surface area contributed by atoms with E-state index in [1.54, 1.807) is 0 Å². The molecule has 0 spiro atoms. The van der Waals surface area contributed by atoms with Crippen LogP contribution in [0, 0.1) is 0 Å². The van der Waals surface area contributed by atoms with Gasteiger partial charge in [0.05, 0.1) is 12.3 Å². The molecule has 0 bridgehead atoms. The topological polar surface area (TPSA) is 33.1 Å². The third-order valence-corrected chi connectivity index (χ3v) is 2.30. The Bertz CT molecular complexity index is 408. The highest BCUT2D eigenvalue weighted by Crippen LogP contribution is 2.08. The molecule has 0 unspecified atom stereocenters. The molecule has 76 valence electrons. The molecule has 0 aliphatic carbocycles. The number of hydrogen-bond acceptors (Lipinski definition) is 2. The Morgan fingerprint density at radius 1 is 0.933 bits per heavy atom. The summed E-state index contributed by atoms with van der Waals surface area (Å²) in [5.74, 6) is 0. The van der Waals surface area contributed by atoms with Crippen LogP contribution in [0.15, 0.2) is 48.7 Å². The minimum atomic E-state index is 0.00557. The van der Waals surface area contributed by atoms with Crippen molar-refractivity contribution in [2.24, 2.45) is 0 Å². The van der Waals surface area contributed by atoms with Crippen LogP contribution in [0.3, 0.4) is 0 Å². The van der Waals surface area contributed by atoms with Gasteiger partial charge in [-0.1, -0.05) is 36.4 Å². The van der Waals surface area contributed by atoms with E-state index < -0.39 is 0 Å². The lowest BCUT2D eigenvalue weighted by molar-refractivity contribution is 0.277. The van der Waals surface area contributed by atoms with Gasteiger partial charge in [-0.25, -0.2) is 0 Å². The number of aliphatic hydroxyl groups excluding tert-OH is 1. The lowest BCUT2D eigenvalue weighted by Gasteiger charge is -2.02. The predicted molar refractivity (Wildman–Crippen MR) is 59.4 cm³/mol. The van der Waals surface area contributed by atoms with Gasteiger partial charge in [0, 0.05) is 6.20 Å². The molecule has 0 saturated heterocycles. The third-order valence-electron chi connectivity index (χ3n) is 2.30. The maximum Gasteiger partial charge on any atom is 0.0852 e. The second-order valence-electron chi connectivity index (χ2n) is 3.48. The van der Waals surface area contributed by atoms with Crippen molar-refractivity contribution in [1.29, 1.82) is 0 Å². The van der Waals surface area contributed by atoms with Crippen LogP contribution in [-0.4, -0.2) is 10.1 Å². The van der Waals surface area contributed by atoms with E-state index in [9.17, 15) is 0 Å². The van der Waals surface area contributed by atoms with Gasteiger partial charge in [-0.3, -0.25) is 4.98 Å². The van der Waals surface area contributed by atoms with Crippen molar-refractivity contribution in [3.05, 3.63) is 65.5 Å². The molecule has 0 atom stereocenters. The molecule has 15 heavy (non-hydrogen) atoms. The fourth-order valence-corrected chi connectivity index (χ4v) is 1.48. The second-order valence-corrected chi connectivity index (χ2v) is 3.48. The Morgan fingerprint density at radius 3 is 2.33 bits per heavy atom. The molecule has 2 aromatic rings. The van der Waals surface area contributed by atoms with Crippen molar-refractivity contribution in [3.8, 4) is 0 Å². The zero-order valence-corrected chi connectivity index (χ0v) is 8.43. The Kier molecular flexibility index (Phi) is 3.10. The van der Waals surface area contributed by atoms with Gasteiger partial charge in [-0.2, -0.15) is 0 Å². The Hall–Kier alpha value is -1.67. The first-order chi connectivity index (χ1) is 7.38. The predicted octanol–water partition coefficient (Wildman–Crippen LogP) is 2.16. The van der Waals surface area contributed by atoms with Crippen LogP contribution in [-0.2, 0) is 13.0 Å². The highest BCUT2D eigenvalue weighted by Gasteiger charge is 1.96. The highest BCUT2D eigenvalue weighted by molar-refractivity contribution is 5.24. The van der Waals surface area contributed by atoms with E-state index in [-0.39, 0.29) is 6.61 Å². The summed E-state index contributed by atoms with van der Waals surface area (Å²) in [6.45, 7) is 0.00557. The largest absolute Gasteiger partial charge is 0.390 e. The van der Waals surface area contributed by atoms with Gasteiger partial charge in [0.25, 0.3) is 0 Å². The van der Waals surface area contributed by atoms with Crippen molar-refractivity contribution in [2.75, 3.05) is 0 Å². The summed E-state index contributed by atoms with van der Waals surface area (Å²) in [4.78, 5) is 4.14. The zero-order chi connectivity index (χ0) is 10.5. The standard InChI is InChI=1S/C13H13NO/c15-10-13-7-6-12(9-14-13)8-11-4-2-1-3-5-11/h1-7,9,15H,8,10H2. The summed E-state index contributed by atoms with van der Waals surface area (Å²) in [5.41, 5.74) is 3.15. The number of aliphatic hydroxyl groups is 1. The van der Waals surface area contributed by atoms with Gasteiger partial charge < -0.3 is 5.11 Å². The normalized spacial score (nSPS) is 10.2. The number of aromatic nitrogens is 1. The molecular formula is C13H13NO. The van der Waals surface area contributed by atoms with E-state index in [1.807, 2.05) is 36.5 Å². The van der Waals surface area contributed by atoms with E-state index in [0.29, 0.717) is 5.69 Å². The molecular weight excluding hydrogens is 186 g/mol. The van der Waals surface area contributed by atoms with Gasteiger partial charge >= 0.3 is 0 Å². The van der Waals surface area contributed by atoms with E-state index in [2.05, 4.69) is 17.1 Å². The summed E-state index contributed by atoms with van der Waals surface area (Å²) in [5, 5.41) is 8.86. The highest BCUT2D eigenvalue weighted by atomic mass is 16.3. The van der Waals surface area contributed by atoms with Gasteiger partial charge in [0.1, 0.15) is 0 Å². The van der Waals surface area contributed by atoms with E-state index in [1.165, 1.54) is 11.1 Å². The molecule has 2 heteroatoms. The van der Waals surface area contributed by atoms with Crippen molar-refractivity contribution in [1.82, 2.24) is 4.98 Å². The Balaban J connectivity index is 2.11. The first-order valence-corrected chi connectivity index (χ1v) is 4.97. The molecule has 1 aromatic heterocycles. The fourth-order valence-electron chi connectivity index (χ4n) is 1.48. The minimum Gasteiger partial charge on any atom is -0.390 e. The summed E-state index contributed by atoms with van der Waals surface area (Å²) in [7, 11) is 0. The summed E-state index contributed by atoms with van der Waals surface area (Å²) < 4.78 is 0. The number of hydrogen-bond donors (Lipinski definition) is 1. The van der Waals surface area contributed by atoms with Gasteiger partial charge in [0.15, 0.2) is 0 Å². The third kappa shape index (κ3) is 2.64. The van der Waals surface area contributed by atoms with Crippen LogP contribution in [0.4, 0.5) is 0 Å². The summed E-state index contributed by atoms with van der Waals surface area (Å²) >= 11 is 0. The van der Waals surface area contributed by atoms with Gasteiger partial charge in [-0.15, -0.1) is 0 Å². The Morgan fingerprint density at radius 2 is 1.73 bits per heavy atom. The lowest BCUT2D eigenvalue weighted by Crippen LogP contribution is -1.92. The van der Waals surface area contributed by atoms with Crippen molar-refractivity contribution < 1.29 is 5.11 Å². The fraction of sp³-hybridized carbons (Fsp3) is 0.154. The lowest BCUT2D eigenvalue weighted by atomic mass is 10.1. The molecule has 1 aromatic carbocycles. The molecule has 0 amide bonds. The van der Waals surface area contributed by atoms with Gasteiger partial charge in [0.2, 0.25) is 0 Å². The molecule has 0 saturated carbocycles. The van der Waals surface area contributed by atoms with Crippen LogP contribution >= 0.6 is 0 Å². The molecule has 2 nitrogen and oxygen atoms in total. The summed E-state index contributed by atoms with van der Waals surface area (Å²) in [6.07, 6.45) is 2.71. The Labute approximate surface area is 89.2 Å². The van der Waals surface area contributed by atoms with Gasteiger partial charge in [-0.05, 0) is 23.6 Å². The van der Waals surface area contributed by atoms with Crippen LogP contribution in [0.25, 0.3) is 0 Å². The molecule has 1 heterocycles. The van der Waals surface area contributed by atoms with E-state index in [0.717, 1.165) is 6.42 Å². The molecule has 0 aliphatic heterocycles.